The van der Waals surface area contributed by atoms with Crippen molar-refractivity contribution in [2.24, 2.45) is 5.73 Å². The second-order valence-electron chi connectivity index (χ2n) is 2.01. The molecule has 1 aliphatic rings. The van der Waals surface area contributed by atoms with Crippen molar-refractivity contribution < 1.29 is 10.2 Å². The fraction of sp³-hybridized carbons (Fsp3) is 0.333. The van der Waals surface area contributed by atoms with Crippen molar-refractivity contribution in [1.82, 2.24) is 0 Å². The Labute approximate surface area is 53.1 Å². The molecule has 3 heteroatoms. The third-order valence-electron chi connectivity index (χ3n) is 1.23. The zero-order chi connectivity index (χ0) is 6.85. The molecule has 0 aromatic carbocycles. The molecule has 0 radical (unpaired) electrons. The van der Waals surface area contributed by atoms with Crippen molar-refractivity contribution in [2.45, 2.75) is 12.5 Å². The first-order valence-electron chi connectivity index (χ1n) is 2.75. The molecule has 0 spiro atoms. The van der Waals surface area contributed by atoms with Gasteiger partial charge in [0.2, 0.25) is 0 Å². The van der Waals surface area contributed by atoms with E-state index in [0.29, 0.717) is 12.1 Å². The van der Waals surface area contributed by atoms with Crippen LogP contribution in [0.25, 0.3) is 0 Å². The predicted molar refractivity (Wildman–Crippen MR) is 33.6 cm³/mol. The predicted octanol–water partition coefficient (Wildman–Crippen LogP) is 0.0355. The maximum Gasteiger partial charge on any atom is 0.136 e. The molecule has 4 N–H and O–H groups in total. The van der Waals surface area contributed by atoms with Crippen molar-refractivity contribution in [3.8, 4) is 0 Å². The number of aliphatic hydroxyl groups is 2. The largest absolute Gasteiger partial charge is 0.506 e. The maximum absolute atomic E-state index is 8.86. The van der Waals surface area contributed by atoms with E-state index >= 15 is 0 Å². The molecule has 0 heterocycles. The average Bonchev–Trinajstić information content (AvgIpc) is 1.80. The summed E-state index contributed by atoms with van der Waals surface area (Å²) in [5.41, 5.74) is 5.62. The van der Waals surface area contributed by atoms with Gasteiger partial charge >= 0.3 is 0 Å². The highest BCUT2D eigenvalue weighted by Gasteiger charge is 2.08. The molecule has 0 saturated carbocycles. The molecule has 3 nitrogen and oxygen atoms in total. The van der Waals surface area contributed by atoms with Gasteiger partial charge in [0.15, 0.2) is 0 Å². The van der Waals surface area contributed by atoms with Gasteiger partial charge < -0.3 is 15.9 Å². The fourth-order valence-electron chi connectivity index (χ4n) is 0.699. The summed E-state index contributed by atoms with van der Waals surface area (Å²) in [5, 5.41) is 17.7. The van der Waals surface area contributed by atoms with Crippen molar-refractivity contribution in [1.29, 1.82) is 0 Å². The Morgan fingerprint density at radius 3 is 2.78 bits per heavy atom. The van der Waals surface area contributed by atoms with Gasteiger partial charge in [0.1, 0.15) is 5.76 Å². The van der Waals surface area contributed by atoms with Crippen LogP contribution < -0.4 is 5.73 Å². The lowest BCUT2D eigenvalue weighted by Crippen LogP contribution is -2.12. The molecule has 9 heavy (non-hydrogen) atoms. The van der Waals surface area contributed by atoms with Gasteiger partial charge in [0.25, 0.3) is 0 Å². The van der Waals surface area contributed by atoms with Gasteiger partial charge in [-0.3, -0.25) is 0 Å². The molecule has 1 unspecified atom stereocenters. The van der Waals surface area contributed by atoms with Crippen LogP contribution in [0.1, 0.15) is 6.42 Å². The Morgan fingerprint density at radius 1 is 1.67 bits per heavy atom. The molecule has 1 aliphatic carbocycles. The van der Waals surface area contributed by atoms with Gasteiger partial charge in [-0.1, -0.05) is 6.08 Å². The van der Waals surface area contributed by atoms with Gasteiger partial charge in [0, 0.05) is 0 Å². The maximum atomic E-state index is 8.86. The lowest BCUT2D eigenvalue weighted by molar-refractivity contribution is 0.217. The summed E-state index contributed by atoms with van der Waals surface area (Å²) in [6, 6.07) is 0. The summed E-state index contributed by atoms with van der Waals surface area (Å²) in [7, 11) is 0. The minimum Gasteiger partial charge on any atom is -0.506 e. The Balaban J connectivity index is 2.75. The molecule has 0 fully saturated rings. The molecule has 0 aromatic rings. The highest BCUT2D eigenvalue weighted by Crippen LogP contribution is 2.11. The van der Waals surface area contributed by atoms with Crippen LogP contribution in [0.3, 0.4) is 0 Å². The molecule has 1 rings (SSSR count). The molecule has 1 atom stereocenters. The number of hydrogen-bond donors (Lipinski definition) is 3. The van der Waals surface area contributed by atoms with E-state index in [0.717, 1.165) is 0 Å². The van der Waals surface area contributed by atoms with Crippen LogP contribution in [0, 0.1) is 0 Å². The van der Waals surface area contributed by atoms with Gasteiger partial charge in [-0.05, 0) is 12.5 Å². The highest BCUT2D eigenvalue weighted by molar-refractivity contribution is 5.26. The van der Waals surface area contributed by atoms with Crippen LogP contribution in [0.2, 0.25) is 0 Å². The van der Waals surface area contributed by atoms with E-state index in [1.807, 2.05) is 0 Å². The molecular weight excluding hydrogens is 118 g/mol. The fourth-order valence-corrected chi connectivity index (χ4v) is 0.699. The lowest BCUT2D eigenvalue weighted by atomic mass is 10.1. The summed E-state index contributed by atoms with van der Waals surface area (Å²) < 4.78 is 0. The van der Waals surface area contributed by atoms with E-state index in [1.165, 1.54) is 6.08 Å². The van der Waals surface area contributed by atoms with Crippen molar-refractivity contribution >= 4 is 0 Å². The Hall–Kier alpha value is -0.960. The smallest absolute Gasteiger partial charge is 0.136 e. The van der Waals surface area contributed by atoms with Crippen molar-refractivity contribution in [3.05, 3.63) is 23.6 Å². The summed E-state index contributed by atoms with van der Waals surface area (Å²) in [4.78, 5) is 0. The highest BCUT2D eigenvalue weighted by atomic mass is 16.3. The Kier molecular flexibility index (Phi) is 1.44. The normalized spacial score (nSPS) is 27.0. The first kappa shape index (κ1) is 6.16. The molecule has 0 amide bonds. The number of nitrogens with two attached hydrogens (primary N) is 1. The lowest BCUT2D eigenvalue weighted by Gasteiger charge is -2.10. The monoisotopic (exact) mass is 127 g/mol. The standard InChI is InChI=1S/C6H9NO2/c7-5-2-1-4(8)3-6(5)9/h2-4,8-9H,1,7H2. The molecule has 0 saturated heterocycles. The number of aliphatic hydroxyl groups excluding tert-OH is 2. The number of rotatable bonds is 0. The minimum atomic E-state index is -0.572. The van der Waals surface area contributed by atoms with Gasteiger partial charge in [0.05, 0.1) is 11.8 Å². The van der Waals surface area contributed by atoms with Crippen LogP contribution in [0.5, 0.6) is 0 Å². The van der Waals surface area contributed by atoms with Gasteiger partial charge in [-0.2, -0.15) is 0 Å². The molecule has 50 valence electrons. The molecule has 0 aliphatic heterocycles. The second-order valence-corrected chi connectivity index (χ2v) is 2.01. The van der Waals surface area contributed by atoms with Crippen LogP contribution in [-0.4, -0.2) is 16.3 Å². The topological polar surface area (TPSA) is 66.5 Å². The zero-order valence-corrected chi connectivity index (χ0v) is 4.91. The Bertz CT molecular complexity index is 172. The van der Waals surface area contributed by atoms with E-state index in [-0.39, 0.29) is 5.76 Å². The Morgan fingerprint density at radius 2 is 2.33 bits per heavy atom. The van der Waals surface area contributed by atoms with E-state index in [4.69, 9.17) is 15.9 Å². The SMILES string of the molecule is NC1=CCC(O)C=C1O. The van der Waals surface area contributed by atoms with Crippen LogP contribution in [-0.2, 0) is 0 Å². The average molecular weight is 127 g/mol. The van der Waals surface area contributed by atoms with Crippen LogP contribution in [0.15, 0.2) is 23.6 Å². The summed E-state index contributed by atoms with van der Waals surface area (Å²) in [6.07, 6.45) is 2.85. The third-order valence-corrected chi connectivity index (χ3v) is 1.23. The van der Waals surface area contributed by atoms with E-state index in [1.54, 1.807) is 6.08 Å². The second kappa shape index (κ2) is 2.11. The minimum absolute atomic E-state index is 0.0197. The van der Waals surface area contributed by atoms with Crippen molar-refractivity contribution in [3.63, 3.8) is 0 Å². The van der Waals surface area contributed by atoms with E-state index in [9.17, 15) is 0 Å². The molecule has 0 bridgehead atoms. The van der Waals surface area contributed by atoms with Crippen molar-refractivity contribution in [2.75, 3.05) is 0 Å². The summed E-state index contributed by atoms with van der Waals surface area (Å²) >= 11 is 0. The van der Waals surface area contributed by atoms with E-state index in [2.05, 4.69) is 0 Å². The quantitative estimate of drug-likeness (QED) is 0.430. The third kappa shape index (κ3) is 1.23. The first-order valence-corrected chi connectivity index (χ1v) is 2.75. The van der Waals surface area contributed by atoms with E-state index < -0.39 is 6.10 Å². The number of hydrogen-bond acceptors (Lipinski definition) is 3. The van der Waals surface area contributed by atoms with Gasteiger partial charge in [-0.25, -0.2) is 0 Å². The zero-order valence-electron chi connectivity index (χ0n) is 4.91. The summed E-state index contributed by atoms with van der Waals surface area (Å²) in [6.45, 7) is 0. The molecular formula is C6H9NO2. The summed E-state index contributed by atoms with van der Waals surface area (Å²) in [5.74, 6) is -0.0197. The van der Waals surface area contributed by atoms with Crippen LogP contribution >= 0.6 is 0 Å². The van der Waals surface area contributed by atoms with Gasteiger partial charge in [-0.15, -0.1) is 0 Å². The first-order chi connectivity index (χ1) is 4.20. The van der Waals surface area contributed by atoms with Crippen LogP contribution in [0.4, 0.5) is 0 Å². The molecule has 0 aromatic heterocycles.